The van der Waals surface area contributed by atoms with Crippen molar-refractivity contribution in [1.82, 2.24) is 0 Å². The molecule has 0 N–H and O–H groups in total. The van der Waals surface area contributed by atoms with Crippen LogP contribution in [-0.4, -0.2) is 18.0 Å². The van der Waals surface area contributed by atoms with E-state index >= 15 is 0 Å². The van der Waals surface area contributed by atoms with Crippen molar-refractivity contribution in [2.75, 3.05) is 0 Å². The Morgan fingerprint density at radius 3 is 2.83 bits per heavy atom. The van der Waals surface area contributed by atoms with E-state index in [0.717, 1.165) is 18.8 Å². The highest BCUT2D eigenvalue weighted by Gasteiger charge is 2.72. The Hall–Kier alpha value is -0.700. The van der Waals surface area contributed by atoms with Gasteiger partial charge in [-0.1, -0.05) is 0 Å². The van der Waals surface area contributed by atoms with Crippen molar-refractivity contribution < 1.29 is 14.2 Å². The lowest BCUT2D eigenvalue weighted by Crippen LogP contribution is -2.54. The molecular formula is C9H10O3. The molecule has 4 aliphatic rings. The molecule has 0 aromatic rings. The topological polar surface area (TPSA) is 31.0 Å². The van der Waals surface area contributed by atoms with Crippen LogP contribution in [0.2, 0.25) is 0 Å². The van der Waals surface area contributed by atoms with Crippen LogP contribution in [0.3, 0.4) is 0 Å². The van der Waals surface area contributed by atoms with Crippen molar-refractivity contribution in [3.05, 3.63) is 12.5 Å². The number of hydrogen-bond donors (Lipinski definition) is 0. The molecule has 2 saturated carbocycles. The summed E-state index contributed by atoms with van der Waals surface area (Å²) in [5, 5.41) is 0. The molecule has 2 aliphatic carbocycles. The van der Waals surface area contributed by atoms with Gasteiger partial charge in [0.2, 0.25) is 0 Å². The van der Waals surface area contributed by atoms with E-state index in [2.05, 4.69) is 0 Å². The van der Waals surface area contributed by atoms with Crippen molar-refractivity contribution in [2.45, 2.75) is 30.8 Å². The fraction of sp³-hybridized carbons (Fsp3) is 0.778. The number of epoxide rings is 1. The molecular weight excluding hydrogens is 156 g/mol. The molecule has 0 radical (unpaired) electrons. The molecule has 0 amide bonds. The molecule has 1 spiro atoms. The van der Waals surface area contributed by atoms with Crippen LogP contribution in [-0.2, 0) is 14.2 Å². The standard InChI is InChI=1S/C9H10O3/c1-2-11-9(10-1)4-5-6(9)3-7-8(5)12-7/h1-2,5-8H,3-4H2/t5-,6-,7+,8-/m1/s1. The summed E-state index contributed by atoms with van der Waals surface area (Å²) in [6, 6.07) is 0. The highest BCUT2D eigenvalue weighted by molar-refractivity contribution is 5.16. The van der Waals surface area contributed by atoms with Gasteiger partial charge in [0.15, 0.2) is 0 Å². The molecule has 0 aromatic carbocycles. The summed E-state index contributed by atoms with van der Waals surface area (Å²) in [6.45, 7) is 0. The first-order valence-corrected chi connectivity index (χ1v) is 4.55. The predicted octanol–water partition coefficient (Wildman–Crippen LogP) is 1.01. The summed E-state index contributed by atoms with van der Waals surface area (Å²) >= 11 is 0. The van der Waals surface area contributed by atoms with Crippen molar-refractivity contribution in [1.29, 1.82) is 0 Å². The fourth-order valence-electron chi connectivity index (χ4n) is 3.05. The van der Waals surface area contributed by atoms with Crippen LogP contribution in [0.25, 0.3) is 0 Å². The van der Waals surface area contributed by atoms with E-state index in [-0.39, 0.29) is 5.79 Å². The van der Waals surface area contributed by atoms with Crippen LogP contribution >= 0.6 is 0 Å². The minimum absolute atomic E-state index is 0.262. The molecule has 2 aliphatic heterocycles. The summed E-state index contributed by atoms with van der Waals surface area (Å²) in [7, 11) is 0. The average Bonchev–Trinajstić information content (AvgIpc) is 2.55. The molecule has 4 atom stereocenters. The zero-order valence-electron chi connectivity index (χ0n) is 6.60. The molecule has 0 aromatic heterocycles. The van der Waals surface area contributed by atoms with E-state index in [9.17, 15) is 0 Å². The van der Waals surface area contributed by atoms with Gasteiger partial charge >= 0.3 is 0 Å². The second-order valence-corrected chi connectivity index (χ2v) is 4.17. The van der Waals surface area contributed by atoms with E-state index in [1.165, 1.54) is 0 Å². The zero-order chi connectivity index (χ0) is 7.76. The van der Waals surface area contributed by atoms with Gasteiger partial charge in [-0.05, 0) is 6.42 Å². The van der Waals surface area contributed by atoms with Gasteiger partial charge < -0.3 is 14.2 Å². The van der Waals surface area contributed by atoms with Gasteiger partial charge in [-0.15, -0.1) is 0 Å². The first-order valence-electron chi connectivity index (χ1n) is 4.55. The quantitative estimate of drug-likeness (QED) is 0.503. The SMILES string of the molecule is C1=COC2(C[C@H]3[C@H]4O[C@H]4C[C@H]32)O1. The van der Waals surface area contributed by atoms with Gasteiger partial charge in [0.05, 0.1) is 12.2 Å². The molecule has 4 rings (SSSR count). The summed E-state index contributed by atoms with van der Waals surface area (Å²) in [6.07, 6.45) is 6.57. The first kappa shape index (κ1) is 5.86. The van der Waals surface area contributed by atoms with E-state index in [4.69, 9.17) is 14.2 Å². The highest BCUT2D eigenvalue weighted by Crippen LogP contribution is 2.63. The van der Waals surface area contributed by atoms with Crippen molar-refractivity contribution in [3.63, 3.8) is 0 Å². The zero-order valence-corrected chi connectivity index (χ0v) is 6.60. The van der Waals surface area contributed by atoms with Gasteiger partial charge in [-0.2, -0.15) is 0 Å². The Morgan fingerprint density at radius 2 is 2.08 bits per heavy atom. The lowest BCUT2D eigenvalue weighted by molar-refractivity contribution is -0.266. The molecule has 1 saturated heterocycles. The normalized spacial score (nSPS) is 55.3. The maximum Gasteiger partial charge on any atom is 0.253 e. The monoisotopic (exact) mass is 166 g/mol. The average molecular weight is 166 g/mol. The Kier molecular flexibility index (Phi) is 0.737. The third-order valence-corrected chi connectivity index (χ3v) is 3.72. The number of hydrogen-bond acceptors (Lipinski definition) is 3. The molecule has 2 heterocycles. The third kappa shape index (κ3) is 0.460. The van der Waals surface area contributed by atoms with Crippen molar-refractivity contribution >= 4 is 0 Å². The fourth-order valence-corrected chi connectivity index (χ4v) is 3.05. The largest absolute Gasteiger partial charge is 0.456 e. The van der Waals surface area contributed by atoms with Gasteiger partial charge in [-0.25, -0.2) is 0 Å². The number of rotatable bonds is 0. The summed E-state index contributed by atoms with van der Waals surface area (Å²) in [5.41, 5.74) is 0. The predicted molar refractivity (Wildman–Crippen MR) is 38.9 cm³/mol. The summed E-state index contributed by atoms with van der Waals surface area (Å²) < 4.78 is 16.5. The maximum absolute atomic E-state index is 5.50. The van der Waals surface area contributed by atoms with Gasteiger partial charge in [0, 0.05) is 18.3 Å². The first-order chi connectivity index (χ1) is 5.89. The molecule has 12 heavy (non-hydrogen) atoms. The van der Waals surface area contributed by atoms with E-state index in [0.29, 0.717) is 18.1 Å². The van der Waals surface area contributed by atoms with Gasteiger partial charge in [-0.3, -0.25) is 0 Å². The smallest absolute Gasteiger partial charge is 0.253 e. The van der Waals surface area contributed by atoms with Crippen LogP contribution < -0.4 is 0 Å². The Bertz CT molecular complexity index is 265. The molecule has 0 bridgehead atoms. The van der Waals surface area contributed by atoms with E-state index in [1.54, 1.807) is 12.5 Å². The van der Waals surface area contributed by atoms with Crippen LogP contribution in [0.5, 0.6) is 0 Å². The lowest BCUT2D eigenvalue weighted by Gasteiger charge is -2.47. The second kappa shape index (κ2) is 1.51. The molecule has 3 heteroatoms. The Labute approximate surface area is 70.3 Å². The van der Waals surface area contributed by atoms with E-state index < -0.39 is 0 Å². The van der Waals surface area contributed by atoms with Crippen molar-refractivity contribution in [2.24, 2.45) is 11.8 Å². The number of fused-ring (bicyclic) bond motifs is 4. The molecule has 64 valence electrons. The van der Waals surface area contributed by atoms with Crippen LogP contribution in [0.1, 0.15) is 12.8 Å². The third-order valence-electron chi connectivity index (χ3n) is 3.72. The lowest BCUT2D eigenvalue weighted by atomic mass is 9.69. The minimum atomic E-state index is -0.262. The maximum atomic E-state index is 5.50. The summed E-state index contributed by atoms with van der Waals surface area (Å²) in [4.78, 5) is 0. The van der Waals surface area contributed by atoms with Gasteiger partial charge in [0.1, 0.15) is 12.5 Å². The van der Waals surface area contributed by atoms with E-state index in [1.807, 2.05) is 0 Å². The highest BCUT2D eigenvalue weighted by atomic mass is 16.7. The summed E-state index contributed by atoms with van der Waals surface area (Å²) in [5.74, 6) is 1.05. The molecule has 0 unspecified atom stereocenters. The molecule has 3 fully saturated rings. The van der Waals surface area contributed by atoms with Crippen LogP contribution in [0.15, 0.2) is 12.5 Å². The van der Waals surface area contributed by atoms with Crippen LogP contribution in [0, 0.1) is 11.8 Å². The second-order valence-electron chi connectivity index (χ2n) is 4.17. The molecule has 3 nitrogen and oxygen atoms in total. The Morgan fingerprint density at radius 1 is 1.25 bits per heavy atom. The number of ether oxygens (including phenoxy) is 3. The van der Waals surface area contributed by atoms with Crippen molar-refractivity contribution in [3.8, 4) is 0 Å². The minimum Gasteiger partial charge on any atom is -0.456 e. The Balaban J connectivity index is 1.64. The van der Waals surface area contributed by atoms with Gasteiger partial charge in [0.25, 0.3) is 5.79 Å². The van der Waals surface area contributed by atoms with Crippen LogP contribution in [0.4, 0.5) is 0 Å².